The number of esters is 1. The number of morpholine rings is 1. The number of carbonyl (C=O) groups excluding carboxylic acids is 2. The first-order chi connectivity index (χ1) is 23.5. The molecular formula is C33H39N7O9. The maximum Gasteiger partial charge on any atom is 0.415 e. The molecule has 1 aromatic carbocycles. The molecule has 2 unspecified atom stereocenters. The van der Waals surface area contributed by atoms with Crippen molar-refractivity contribution in [1.29, 1.82) is 0 Å². The van der Waals surface area contributed by atoms with Crippen LogP contribution < -0.4 is 9.64 Å². The molecule has 2 aromatic heterocycles. The van der Waals surface area contributed by atoms with E-state index < -0.39 is 35.0 Å². The number of aromatic nitrogens is 3. The first-order valence-electron chi connectivity index (χ1n) is 16.5. The number of aliphatic carboxylic acids is 1. The number of benzene rings is 1. The van der Waals surface area contributed by atoms with Crippen LogP contribution in [0.15, 0.2) is 18.2 Å². The van der Waals surface area contributed by atoms with Gasteiger partial charge in [0.1, 0.15) is 17.4 Å². The van der Waals surface area contributed by atoms with Gasteiger partial charge < -0.3 is 29.1 Å². The smallest absolute Gasteiger partial charge is 0.415 e. The number of ether oxygens (including phenoxy) is 3. The summed E-state index contributed by atoms with van der Waals surface area (Å²) < 4.78 is 18.4. The van der Waals surface area contributed by atoms with Crippen molar-refractivity contribution in [3.8, 4) is 17.3 Å². The van der Waals surface area contributed by atoms with Gasteiger partial charge in [0.15, 0.2) is 11.5 Å². The third-order valence-electron chi connectivity index (χ3n) is 9.83. The van der Waals surface area contributed by atoms with Crippen molar-refractivity contribution in [3.05, 3.63) is 45.3 Å². The van der Waals surface area contributed by atoms with Gasteiger partial charge in [0.25, 0.3) is 11.4 Å². The number of hydrogen-bond acceptors (Lipinski definition) is 10. The van der Waals surface area contributed by atoms with Gasteiger partial charge in [-0.15, -0.1) is 0 Å². The van der Waals surface area contributed by atoms with E-state index in [0.29, 0.717) is 56.3 Å². The minimum absolute atomic E-state index is 0.0252. The molecule has 1 aliphatic carbocycles. The zero-order valence-electron chi connectivity index (χ0n) is 27.6. The van der Waals surface area contributed by atoms with Gasteiger partial charge in [-0.1, -0.05) is 20.8 Å². The van der Waals surface area contributed by atoms with Crippen LogP contribution in [0.3, 0.4) is 0 Å². The maximum absolute atomic E-state index is 13.9. The molecule has 2 aliphatic heterocycles. The van der Waals surface area contributed by atoms with Crippen molar-refractivity contribution in [3.63, 3.8) is 0 Å². The second-order valence-electron chi connectivity index (χ2n) is 13.3. The van der Waals surface area contributed by atoms with Crippen molar-refractivity contribution in [2.24, 2.45) is 23.7 Å². The standard InChI is InChI=1S/C33H39N7O9/c1-18-15-19(2)27(20(3)16-18)48-32(43)25-26(34-4)30(49-33(44)38-11-13-47-14-12-38)39-29(25)35-28(36-39)22-5-6-23(24(17-22)40(45)46)37-9-7-21(8-10-37)31(41)42/h5-6,17-21,27H,7-16H2,1-3H3,(H,35,36)(H,41,42). The lowest BCUT2D eigenvalue weighted by atomic mass is 9.75. The maximum atomic E-state index is 13.9. The third-order valence-corrected chi connectivity index (χ3v) is 9.83. The average molecular weight is 678 g/mol. The number of nitro benzene ring substituents is 1. The predicted molar refractivity (Wildman–Crippen MR) is 175 cm³/mol. The Morgan fingerprint density at radius 2 is 1.78 bits per heavy atom. The summed E-state index contributed by atoms with van der Waals surface area (Å²) in [5, 5.41) is 24.6. The van der Waals surface area contributed by atoms with Gasteiger partial charge in [-0.3, -0.25) is 20.0 Å². The van der Waals surface area contributed by atoms with E-state index in [0.717, 1.165) is 12.8 Å². The molecule has 1 saturated carbocycles. The number of H-pyrrole nitrogens is 1. The number of nitrogens with one attached hydrogen (secondary N) is 1. The summed E-state index contributed by atoms with van der Waals surface area (Å²) in [7, 11) is 0. The SMILES string of the molecule is [C-]#[N+]c1c(C(=O)OC2C(C)CC(C)CC2C)c2nc(-c3ccc(N4CCC(C(=O)O)CC4)c([N+](=O)[O-])c3)[nH]n2c1OC(=O)N1CCOCC1. The summed E-state index contributed by atoms with van der Waals surface area (Å²) in [4.78, 5) is 61.7. The number of nitrogens with zero attached hydrogens (tertiary/aromatic N) is 6. The monoisotopic (exact) mass is 677 g/mol. The zero-order valence-corrected chi connectivity index (χ0v) is 27.6. The predicted octanol–water partition coefficient (Wildman–Crippen LogP) is 5.15. The van der Waals surface area contributed by atoms with Crippen LogP contribution in [0.2, 0.25) is 0 Å². The normalized spacial score (nSPS) is 23.2. The first-order valence-corrected chi connectivity index (χ1v) is 16.5. The molecule has 0 radical (unpaired) electrons. The van der Waals surface area contributed by atoms with Gasteiger partial charge in [-0.2, -0.15) is 0 Å². The van der Waals surface area contributed by atoms with Crippen LogP contribution in [0.4, 0.5) is 21.9 Å². The summed E-state index contributed by atoms with van der Waals surface area (Å²) in [5.74, 6) is -1.64. The molecule has 0 bridgehead atoms. The zero-order chi connectivity index (χ0) is 35.0. The molecule has 2 saturated heterocycles. The molecule has 4 heterocycles. The quantitative estimate of drug-likeness (QED) is 0.146. The van der Waals surface area contributed by atoms with Gasteiger partial charge in [0.2, 0.25) is 5.88 Å². The first kappa shape index (κ1) is 33.7. The van der Waals surface area contributed by atoms with E-state index in [1.165, 1.54) is 15.5 Å². The number of amides is 1. The highest BCUT2D eigenvalue weighted by Gasteiger charge is 2.38. The second-order valence-corrected chi connectivity index (χ2v) is 13.3. The molecule has 3 aromatic rings. The average Bonchev–Trinajstić information content (AvgIpc) is 3.63. The van der Waals surface area contributed by atoms with E-state index in [1.54, 1.807) is 17.0 Å². The number of hydrogen-bond donors (Lipinski definition) is 2. The topological polar surface area (TPSA) is 186 Å². The molecule has 16 nitrogen and oxygen atoms in total. The van der Waals surface area contributed by atoms with Crippen LogP contribution in [0, 0.1) is 40.4 Å². The lowest BCUT2D eigenvalue weighted by Crippen LogP contribution is -2.42. The molecule has 3 aliphatic rings. The van der Waals surface area contributed by atoms with E-state index >= 15 is 0 Å². The number of carboxylic acids is 1. The lowest BCUT2D eigenvalue weighted by Gasteiger charge is -2.37. The fourth-order valence-electron chi connectivity index (χ4n) is 7.44. The number of anilines is 1. The molecule has 2 N–H and O–H groups in total. The lowest BCUT2D eigenvalue weighted by molar-refractivity contribution is -0.384. The molecular weight excluding hydrogens is 638 g/mol. The Bertz CT molecular complexity index is 1800. The molecule has 3 fully saturated rings. The summed E-state index contributed by atoms with van der Waals surface area (Å²) in [6, 6.07) is 4.55. The van der Waals surface area contributed by atoms with Gasteiger partial charge in [-0.05, 0) is 55.6 Å². The van der Waals surface area contributed by atoms with Crippen molar-refractivity contribution in [2.45, 2.75) is 52.6 Å². The molecule has 1 amide bonds. The Morgan fingerprint density at radius 3 is 2.39 bits per heavy atom. The Morgan fingerprint density at radius 1 is 1.10 bits per heavy atom. The summed E-state index contributed by atoms with van der Waals surface area (Å²) in [6.45, 7) is 16.1. The van der Waals surface area contributed by atoms with Gasteiger partial charge in [0, 0.05) is 37.8 Å². The molecule has 0 spiro atoms. The number of piperidine rings is 1. The highest BCUT2D eigenvalue weighted by molar-refractivity contribution is 6.05. The van der Waals surface area contributed by atoms with Gasteiger partial charge in [-0.25, -0.2) is 23.9 Å². The molecule has 260 valence electrons. The Labute approximate surface area is 281 Å². The summed E-state index contributed by atoms with van der Waals surface area (Å²) in [6.07, 6.45) is 1.35. The summed E-state index contributed by atoms with van der Waals surface area (Å²) in [5.41, 5.74) is 0.00277. The minimum atomic E-state index is -0.879. The fourth-order valence-corrected chi connectivity index (χ4v) is 7.44. The highest BCUT2D eigenvalue weighted by Crippen LogP contribution is 2.42. The number of carbonyl (C=O) groups is 3. The number of fused-ring (bicyclic) bond motifs is 1. The van der Waals surface area contributed by atoms with Crippen molar-refractivity contribution in [2.75, 3.05) is 44.3 Å². The fraction of sp³-hybridized carbons (Fsp3) is 0.545. The van der Waals surface area contributed by atoms with Crippen LogP contribution in [-0.2, 0) is 14.3 Å². The third kappa shape index (κ3) is 6.62. The number of rotatable bonds is 7. The molecule has 2 atom stereocenters. The second kappa shape index (κ2) is 13.7. The minimum Gasteiger partial charge on any atom is -0.481 e. The van der Waals surface area contributed by atoms with Gasteiger partial charge >= 0.3 is 18.0 Å². The van der Waals surface area contributed by atoms with Crippen molar-refractivity contribution in [1.82, 2.24) is 19.5 Å². The van der Waals surface area contributed by atoms with Crippen molar-refractivity contribution < 1.29 is 38.6 Å². The van der Waals surface area contributed by atoms with E-state index in [9.17, 15) is 29.6 Å². The van der Waals surface area contributed by atoms with Crippen LogP contribution in [0.25, 0.3) is 21.9 Å². The van der Waals surface area contributed by atoms with Crippen molar-refractivity contribution >= 4 is 40.7 Å². The molecule has 49 heavy (non-hydrogen) atoms. The van der Waals surface area contributed by atoms with Crippen LogP contribution >= 0.6 is 0 Å². The number of aromatic amines is 1. The number of carboxylic acid groups (broad SMARTS) is 1. The van der Waals surface area contributed by atoms with Crippen LogP contribution in [0.1, 0.15) is 56.8 Å². The number of nitro groups is 1. The van der Waals surface area contributed by atoms with Crippen LogP contribution in [-0.4, -0.2) is 93.1 Å². The molecule has 6 rings (SSSR count). The summed E-state index contributed by atoms with van der Waals surface area (Å²) >= 11 is 0. The van der Waals surface area contributed by atoms with E-state index in [1.807, 2.05) is 13.8 Å². The van der Waals surface area contributed by atoms with E-state index in [2.05, 4.69) is 21.9 Å². The largest absolute Gasteiger partial charge is 0.481 e. The Hall–Kier alpha value is -5.17. The Kier molecular flexibility index (Phi) is 9.46. The van der Waals surface area contributed by atoms with Gasteiger partial charge in [0.05, 0.1) is 30.6 Å². The Balaban J connectivity index is 1.39. The highest BCUT2D eigenvalue weighted by atomic mass is 16.6. The molecule has 16 heteroatoms. The van der Waals surface area contributed by atoms with E-state index in [-0.39, 0.29) is 59.2 Å². The van der Waals surface area contributed by atoms with Crippen LogP contribution in [0.5, 0.6) is 5.88 Å². The van der Waals surface area contributed by atoms with E-state index in [4.69, 9.17) is 20.8 Å².